The van der Waals surface area contributed by atoms with Crippen LogP contribution in [0.3, 0.4) is 0 Å². The summed E-state index contributed by atoms with van der Waals surface area (Å²) in [5, 5.41) is 9.71. The largest absolute Gasteiger partial charge is 0.497 e. The molecule has 0 saturated carbocycles. The highest BCUT2D eigenvalue weighted by molar-refractivity contribution is 6.30. The SMILES string of the molecule is COc1ccc(C(=O)C=Cc2ccc(Cl)cc2)c(OCCCCN2CCN(CCO)CC2)c1. The number of aliphatic hydroxyl groups is 1. The third-order valence-electron chi connectivity index (χ3n) is 5.76. The minimum atomic E-state index is -0.122. The number of carbonyl (C=O) groups excluding carboxylic acids is 1. The molecule has 33 heavy (non-hydrogen) atoms. The Balaban J connectivity index is 1.50. The van der Waals surface area contributed by atoms with E-state index in [0.717, 1.165) is 57.7 Å². The lowest BCUT2D eigenvalue weighted by atomic mass is 10.1. The molecule has 3 rings (SSSR count). The number of piperazine rings is 1. The fourth-order valence-electron chi connectivity index (χ4n) is 3.79. The summed E-state index contributed by atoms with van der Waals surface area (Å²) >= 11 is 5.92. The Hall–Kier alpha value is -2.38. The Morgan fingerprint density at radius 1 is 1.03 bits per heavy atom. The summed E-state index contributed by atoms with van der Waals surface area (Å²) in [6, 6.07) is 12.6. The number of benzene rings is 2. The van der Waals surface area contributed by atoms with Gasteiger partial charge < -0.3 is 19.5 Å². The van der Waals surface area contributed by atoms with E-state index in [0.29, 0.717) is 28.7 Å². The Morgan fingerprint density at radius 3 is 2.39 bits per heavy atom. The second-order valence-corrected chi connectivity index (χ2v) is 8.51. The van der Waals surface area contributed by atoms with Crippen molar-refractivity contribution in [3.05, 3.63) is 64.7 Å². The Labute approximate surface area is 201 Å². The molecule has 0 amide bonds. The topological polar surface area (TPSA) is 62.2 Å². The summed E-state index contributed by atoms with van der Waals surface area (Å²) in [6.07, 6.45) is 5.26. The van der Waals surface area contributed by atoms with Crippen molar-refractivity contribution in [2.45, 2.75) is 12.8 Å². The number of allylic oxidation sites excluding steroid dienone is 1. The van der Waals surface area contributed by atoms with Gasteiger partial charge in [-0.15, -0.1) is 0 Å². The maximum atomic E-state index is 12.8. The first-order valence-electron chi connectivity index (χ1n) is 11.4. The zero-order chi connectivity index (χ0) is 23.5. The number of hydrogen-bond acceptors (Lipinski definition) is 6. The lowest BCUT2D eigenvalue weighted by Crippen LogP contribution is -2.47. The molecule has 7 heteroatoms. The number of hydrogen-bond donors (Lipinski definition) is 1. The summed E-state index contributed by atoms with van der Waals surface area (Å²) in [6.45, 7) is 6.65. The van der Waals surface area contributed by atoms with Gasteiger partial charge in [-0.3, -0.25) is 9.69 Å². The van der Waals surface area contributed by atoms with Crippen molar-refractivity contribution in [3.63, 3.8) is 0 Å². The van der Waals surface area contributed by atoms with Crippen molar-refractivity contribution in [2.75, 3.05) is 59.6 Å². The first kappa shape index (κ1) is 25.2. The van der Waals surface area contributed by atoms with E-state index >= 15 is 0 Å². The van der Waals surface area contributed by atoms with E-state index < -0.39 is 0 Å². The van der Waals surface area contributed by atoms with Gasteiger partial charge in [0.25, 0.3) is 0 Å². The van der Waals surface area contributed by atoms with Crippen LogP contribution in [-0.2, 0) is 0 Å². The summed E-state index contributed by atoms with van der Waals surface area (Å²) in [4.78, 5) is 17.6. The van der Waals surface area contributed by atoms with E-state index in [-0.39, 0.29) is 12.4 Å². The van der Waals surface area contributed by atoms with Gasteiger partial charge in [0.15, 0.2) is 5.78 Å². The molecule has 178 valence electrons. The number of β-amino-alcohol motifs (C(OH)–C–C–N with tert-alkyl or cyclic N) is 1. The van der Waals surface area contributed by atoms with E-state index in [2.05, 4.69) is 9.80 Å². The van der Waals surface area contributed by atoms with Gasteiger partial charge >= 0.3 is 0 Å². The number of ketones is 1. The van der Waals surface area contributed by atoms with E-state index in [1.54, 1.807) is 49.6 Å². The van der Waals surface area contributed by atoms with Crippen LogP contribution >= 0.6 is 11.6 Å². The lowest BCUT2D eigenvalue weighted by Gasteiger charge is -2.34. The van der Waals surface area contributed by atoms with Crippen LogP contribution in [0.2, 0.25) is 5.02 Å². The second-order valence-electron chi connectivity index (χ2n) is 8.07. The maximum Gasteiger partial charge on any atom is 0.189 e. The van der Waals surface area contributed by atoms with Crippen molar-refractivity contribution in [1.82, 2.24) is 9.80 Å². The number of halogens is 1. The predicted octanol–water partition coefficient (Wildman–Crippen LogP) is 4.01. The number of ether oxygens (including phenoxy) is 2. The third-order valence-corrected chi connectivity index (χ3v) is 6.01. The van der Waals surface area contributed by atoms with Gasteiger partial charge in [-0.25, -0.2) is 0 Å². The normalized spacial score (nSPS) is 15.1. The van der Waals surface area contributed by atoms with E-state index in [9.17, 15) is 4.79 Å². The molecule has 0 spiro atoms. The van der Waals surface area contributed by atoms with Gasteiger partial charge in [-0.2, -0.15) is 0 Å². The molecule has 0 bridgehead atoms. The van der Waals surface area contributed by atoms with Gasteiger partial charge in [-0.1, -0.05) is 29.8 Å². The van der Waals surface area contributed by atoms with Crippen LogP contribution in [0.5, 0.6) is 11.5 Å². The van der Waals surface area contributed by atoms with Gasteiger partial charge in [0, 0.05) is 43.8 Å². The van der Waals surface area contributed by atoms with Crippen LogP contribution in [-0.4, -0.2) is 80.3 Å². The van der Waals surface area contributed by atoms with Gasteiger partial charge in [0.05, 0.1) is 25.9 Å². The van der Waals surface area contributed by atoms with Crippen LogP contribution < -0.4 is 9.47 Å². The van der Waals surface area contributed by atoms with Crippen molar-refractivity contribution in [1.29, 1.82) is 0 Å². The molecule has 2 aromatic carbocycles. The molecule has 6 nitrogen and oxygen atoms in total. The number of unbranched alkanes of at least 4 members (excludes halogenated alkanes) is 1. The van der Waals surface area contributed by atoms with Crippen molar-refractivity contribution >= 4 is 23.5 Å². The van der Waals surface area contributed by atoms with Gasteiger partial charge in [0.1, 0.15) is 11.5 Å². The highest BCUT2D eigenvalue weighted by atomic mass is 35.5. The lowest BCUT2D eigenvalue weighted by molar-refractivity contribution is 0.104. The second kappa shape index (κ2) is 13.4. The molecule has 0 aromatic heterocycles. The molecule has 1 heterocycles. The maximum absolute atomic E-state index is 12.8. The molecule has 0 unspecified atom stereocenters. The molecule has 1 fully saturated rings. The summed E-state index contributed by atoms with van der Waals surface area (Å²) in [7, 11) is 1.60. The fourth-order valence-corrected chi connectivity index (χ4v) is 3.91. The van der Waals surface area contributed by atoms with E-state index in [1.165, 1.54) is 0 Å². The number of aliphatic hydroxyl groups excluding tert-OH is 1. The van der Waals surface area contributed by atoms with Crippen LogP contribution in [0.25, 0.3) is 6.08 Å². The molecule has 1 aliphatic rings. The number of carbonyl (C=O) groups is 1. The van der Waals surface area contributed by atoms with Crippen LogP contribution in [0, 0.1) is 0 Å². The summed E-state index contributed by atoms with van der Waals surface area (Å²) in [5.74, 6) is 1.07. The highest BCUT2D eigenvalue weighted by Crippen LogP contribution is 2.26. The fraction of sp³-hybridized carbons (Fsp3) is 0.423. The number of rotatable bonds is 12. The quantitative estimate of drug-likeness (QED) is 0.286. The molecule has 0 aliphatic carbocycles. The Morgan fingerprint density at radius 2 is 1.73 bits per heavy atom. The highest BCUT2D eigenvalue weighted by Gasteiger charge is 2.16. The summed E-state index contributed by atoms with van der Waals surface area (Å²) in [5.41, 5.74) is 1.42. The summed E-state index contributed by atoms with van der Waals surface area (Å²) < 4.78 is 11.3. The molecular weight excluding hydrogens is 440 g/mol. The first-order valence-corrected chi connectivity index (χ1v) is 11.8. The monoisotopic (exact) mass is 472 g/mol. The Kier molecular flexibility index (Phi) is 10.2. The standard InChI is InChI=1S/C26H33ClN2O4/c1-32-23-9-10-24(25(31)11-6-21-4-7-22(27)8-5-21)26(20-23)33-19-3-2-12-28-13-15-29(16-14-28)17-18-30/h4-11,20,30H,2-3,12-19H2,1H3. The van der Waals surface area contributed by atoms with Gasteiger partial charge in [-0.05, 0) is 55.3 Å². The molecular formula is C26H33ClN2O4. The molecule has 0 radical (unpaired) electrons. The third kappa shape index (κ3) is 8.16. The van der Waals surface area contributed by atoms with Crippen molar-refractivity contribution in [2.24, 2.45) is 0 Å². The van der Waals surface area contributed by atoms with Gasteiger partial charge in [0.2, 0.25) is 0 Å². The zero-order valence-corrected chi connectivity index (χ0v) is 20.0. The molecule has 2 aromatic rings. The number of nitrogens with zero attached hydrogens (tertiary/aromatic N) is 2. The molecule has 0 atom stereocenters. The van der Waals surface area contributed by atoms with Crippen molar-refractivity contribution < 1.29 is 19.4 Å². The minimum Gasteiger partial charge on any atom is -0.497 e. The van der Waals surface area contributed by atoms with Crippen LogP contribution in [0.1, 0.15) is 28.8 Å². The number of methoxy groups -OCH3 is 1. The molecule has 1 aliphatic heterocycles. The van der Waals surface area contributed by atoms with Crippen molar-refractivity contribution in [3.8, 4) is 11.5 Å². The Bertz CT molecular complexity index is 909. The average molecular weight is 473 g/mol. The van der Waals surface area contributed by atoms with Crippen LogP contribution in [0.15, 0.2) is 48.5 Å². The zero-order valence-electron chi connectivity index (χ0n) is 19.2. The van der Waals surface area contributed by atoms with E-state index in [1.807, 2.05) is 12.1 Å². The smallest absolute Gasteiger partial charge is 0.189 e. The minimum absolute atomic E-state index is 0.122. The van der Waals surface area contributed by atoms with E-state index in [4.69, 9.17) is 26.2 Å². The average Bonchev–Trinajstić information content (AvgIpc) is 2.84. The van der Waals surface area contributed by atoms with Crippen LogP contribution in [0.4, 0.5) is 0 Å². The predicted molar refractivity (Wildman–Crippen MR) is 133 cm³/mol. The molecule has 1 N–H and O–H groups in total. The molecule has 1 saturated heterocycles. The first-order chi connectivity index (χ1) is 16.1.